The quantitative estimate of drug-likeness (QED) is 0.754. The number of ether oxygens (including phenoxy) is 1. The van der Waals surface area contributed by atoms with Crippen LogP contribution in [0.1, 0.15) is 16.8 Å². The molecule has 1 N–H and O–H groups in total. The van der Waals surface area contributed by atoms with E-state index in [1.807, 2.05) is 24.3 Å². The van der Waals surface area contributed by atoms with Crippen molar-refractivity contribution in [1.82, 2.24) is 9.88 Å². The molecule has 4 heteroatoms. The molecule has 0 radical (unpaired) electrons. The average Bonchev–Trinajstić information content (AvgIpc) is 2.77. The van der Waals surface area contributed by atoms with Crippen molar-refractivity contribution in [3.63, 3.8) is 0 Å². The lowest BCUT2D eigenvalue weighted by molar-refractivity contribution is 0.176. The molecule has 1 unspecified atom stereocenters. The highest BCUT2D eigenvalue weighted by Crippen LogP contribution is 2.35. The second-order valence-electron chi connectivity index (χ2n) is 7.00. The van der Waals surface area contributed by atoms with Gasteiger partial charge in [-0.1, -0.05) is 35.9 Å². The maximum Gasteiger partial charge on any atom is 0.121 e. The summed E-state index contributed by atoms with van der Waals surface area (Å²) in [4.78, 5) is 0. The van der Waals surface area contributed by atoms with Gasteiger partial charge >= 0.3 is 0 Å². The summed E-state index contributed by atoms with van der Waals surface area (Å²) in [5.41, 5.74) is 5.86. The van der Waals surface area contributed by atoms with Gasteiger partial charge in [0.05, 0.1) is 12.1 Å². The van der Waals surface area contributed by atoms with E-state index in [0.717, 1.165) is 49.7 Å². The second kappa shape index (κ2) is 6.08. The number of halogens is 1. The van der Waals surface area contributed by atoms with Crippen LogP contribution in [0.2, 0.25) is 5.02 Å². The average molecular weight is 353 g/mol. The summed E-state index contributed by atoms with van der Waals surface area (Å²) >= 11 is 6.11. The number of aromatic nitrogens is 1. The van der Waals surface area contributed by atoms with Gasteiger partial charge in [-0.25, -0.2) is 0 Å². The predicted molar refractivity (Wildman–Crippen MR) is 102 cm³/mol. The van der Waals surface area contributed by atoms with Crippen LogP contribution in [0, 0.1) is 0 Å². The fourth-order valence-corrected chi connectivity index (χ4v) is 4.59. The minimum atomic E-state index is 0.143. The Morgan fingerprint density at radius 3 is 2.88 bits per heavy atom. The molecule has 5 rings (SSSR count). The molecule has 3 heterocycles. The highest BCUT2D eigenvalue weighted by Gasteiger charge is 2.27. The van der Waals surface area contributed by atoms with Gasteiger partial charge in [-0.05, 0) is 42.3 Å². The molecule has 2 aromatic carbocycles. The minimum Gasteiger partial charge on any atom is -0.488 e. The van der Waals surface area contributed by atoms with E-state index in [-0.39, 0.29) is 6.10 Å². The second-order valence-corrected chi connectivity index (χ2v) is 7.44. The Balaban J connectivity index is 1.55. The van der Waals surface area contributed by atoms with Crippen LogP contribution in [0.25, 0.3) is 10.9 Å². The maximum absolute atomic E-state index is 6.29. The summed E-state index contributed by atoms with van der Waals surface area (Å²) in [6.07, 6.45) is 3.30. The molecule has 3 aromatic rings. The van der Waals surface area contributed by atoms with Crippen LogP contribution in [-0.2, 0) is 25.8 Å². The van der Waals surface area contributed by atoms with E-state index in [2.05, 4.69) is 28.1 Å². The number of para-hydroxylation sites is 1. The first kappa shape index (κ1) is 15.3. The summed E-state index contributed by atoms with van der Waals surface area (Å²) in [6.45, 7) is 3.03. The molecule has 0 fully saturated rings. The number of rotatable bonds is 2. The van der Waals surface area contributed by atoms with Crippen molar-refractivity contribution < 1.29 is 4.74 Å². The predicted octanol–water partition coefficient (Wildman–Crippen LogP) is 3.99. The lowest BCUT2D eigenvalue weighted by Gasteiger charge is -2.27. The maximum atomic E-state index is 6.29. The highest BCUT2D eigenvalue weighted by molar-refractivity contribution is 6.30. The van der Waals surface area contributed by atoms with Crippen LogP contribution in [0.15, 0.2) is 42.5 Å². The molecule has 2 aliphatic heterocycles. The highest BCUT2D eigenvalue weighted by atomic mass is 35.5. The molecular formula is C21H21ClN2O. The number of nitrogens with one attached hydrogen (secondary N) is 1. The van der Waals surface area contributed by atoms with Gasteiger partial charge in [-0.15, -0.1) is 0 Å². The molecule has 0 saturated heterocycles. The standard InChI is InChI=1S/C21H21ClN2O/c22-15-4-2-5-16(12-15)25-17-11-14-3-1-6-19-18-7-9-23-10-8-20(18)24(13-17)21(14)19/h1-6,12,17,23H,7-11,13H2. The molecule has 25 heavy (non-hydrogen) atoms. The van der Waals surface area contributed by atoms with Gasteiger partial charge in [0.2, 0.25) is 0 Å². The normalized spacial score (nSPS) is 19.5. The number of hydrogen-bond acceptors (Lipinski definition) is 2. The first-order chi connectivity index (χ1) is 12.3. The van der Waals surface area contributed by atoms with Crippen LogP contribution in [-0.4, -0.2) is 23.8 Å². The zero-order valence-corrected chi connectivity index (χ0v) is 14.9. The third kappa shape index (κ3) is 2.62. The van der Waals surface area contributed by atoms with Gasteiger partial charge in [-0.2, -0.15) is 0 Å². The fourth-order valence-electron chi connectivity index (χ4n) is 4.41. The van der Waals surface area contributed by atoms with Crippen LogP contribution in [0.3, 0.4) is 0 Å². The fraction of sp³-hybridized carbons (Fsp3) is 0.333. The Morgan fingerprint density at radius 1 is 1.08 bits per heavy atom. The van der Waals surface area contributed by atoms with Crippen LogP contribution >= 0.6 is 11.6 Å². The van der Waals surface area contributed by atoms with Crippen molar-refractivity contribution in [3.05, 3.63) is 64.3 Å². The van der Waals surface area contributed by atoms with E-state index < -0.39 is 0 Å². The van der Waals surface area contributed by atoms with Crippen molar-refractivity contribution in [1.29, 1.82) is 0 Å². The largest absolute Gasteiger partial charge is 0.488 e. The molecular weight excluding hydrogens is 332 g/mol. The van der Waals surface area contributed by atoms with E-state index in [9.17, 15) is 0 Å². The van der Waals surface area contributed by atoms with E-state index in [0.29, 0.717) is 0 Å². The molecule has 0 amide bonds. The third-order valence-electron chi connectivity index (χ3n) is 5.41. The summed E-state index contributed by atoms with van der Waals surface area (Å²) in [7, 11) is 0. The van der Waals surface area contributed by atoms with E-state index in [1.165, 1.54) is 27.7 Å². The van der Waals surface area contributed by atoms with Crippen LogP contribution in [0.4, 0.5) is 0 Å². The third-order valence-corrected chi connectivity index (χ3v) is 5.65. The molecule has 128 valence electrons. The molecule has 1 aromatic heterocycles. The van der Waals surface area contributed by atoms with Gasteiger partial charge in [-0.3, -0.25) is 0 Å². The topological polar surface area (TPSA) is 26.2 Å². The van der Waals surface area contributed by atoms with Crippen LogP contribution in [0.5, 0.6) is 5.75 Å². The molecule has 0 bridgehead atoms. The van der Waals surface area contributed by atoms with Crippen molar-refractivity contribution in [2.75, 3.05) is 13.1 Å². The van der Waals surface area contributed by atoms with Crippen molar-refractivity contribution >= 4 is 22.5 Å². The van der Waals surface area contributed by atoms with E-state index in [4.69, 9.17) is 16.3 Å². The van der Waals surface area contributed by atoms with Gasteiger partial charge in [0.15, 0.2) is 0 Å². The monoisotopic (exact) mass is 352 g/mol. The summed E-state index contributed by atoms with van der Waals surface area (Å²) in [5.74, 6) is 0.855. The van der Waals surface area contributed by atoms with Crippen LogP contribution < -0.4 is 10.1 Å². The zero-order valence-electron chi connectivity index (χ0n) is 14.1. The molecule has 1 atom stereocenters. The lowest BCUT2D eigenvalue weighted by atomic mass is 10.00. The van der Waals surface area contributed by atoms with Gasteiger partial charge in [0.25, 0.3) is 0 Å². The number of fused-ring (bicyclic) bond motifs is 3. The molecule has 2 aliphatic rings. The molecule has 0 aliphatic carbocycles. The summed E-state index contributed by atoms with van der Waals surface area (Å²) in [5, 5.41) is 5.69. The van der Waals surface area contributed by atoms with Gasteiger partial charge in [0, 0.05) is 35.5 Å². The number of hydrogen-bond donors (Lipinski definition) is 1. The Bertz CT molecular complexity index is 946. The van der Waals surface area contributed by atoms with E-state index in [1.54, 1.807) is 0 Å². The Labute approximate surface area is 152 Å². The van der Waals surface area contributed by atoms with Crippen molar-refractivity contribution in [2.24, 2.45) is 0 Å². The van der Waals surface area contributed by atoms with Gasteiger partial charge in [0.1, 0.15) is 11.9 Å². The lowest BCUT2D eigenvalue weighted by Crippen LogP contribution is -2.30. The molecule has 3 nitrogen and oxygen atoms in total. The first-order valence-corrected chi connectivity index (χ1v) is 9.42. The SMILES string of the molecule is Clc1cccc(OC2Cc3cccc4c5c(n(c34)C2)CCNCC5)c1. The van der Waals surface area contributed by atoms with Gasteiger partial charge < -0.3 is 14.6 Å². The summed E-state index contributed by atoms with van der Waals surface area (Å²) < 4.78 is 8.81. The minimum absolute atomic E-state index is 0.143. The number of nitrogens with zero attached hydrogens (tertiary/aromatic N) is 1. The first-order valence-electron chi connectivity index (χ1n) is 9.04. The van der Waals surface area contributed by atoms with Crippen molar-refractivity contribution in [2.45, 2.75) is 31.9 Å². The molecule has 0 spiro atoms. The molecule has 0 saturated carbocycles. The van der Waals surface area contributed by atoms with E-state index >= 15 is 0 Å². The van der Waals surface area contributed by atoms with Crippen molar-refractivity contribution in [3.8, 4) is 5.75 Å². The number of benzene rings is 2. The summed E-state index contributed by atoms with van der Waals surface area (Å²) in [6, 6.07) is 14.5. The zero-order chi connectivity index (χ0) is 16.8. The Hall–Kier alpha value is -1.97. The smallest absolute Gasteiger partial charge is 0.121 e. The Kier molecular flexibility index (Phi) is 3.72. The Morgan fingerprint density at radius 2 is 1.96 bits per heavy atom.